The maximum atomic E-state index is 13.6. The molecule has 1 aliphatic carbocycles. The van der Waals surface area contributed by atoms with E-state index in [0.29, 0.717) is 17.2 Å². The maximum Gasteiger partial charge on any atom is 0.259 e. The Labute approximate surface area is 154 Å². The third kappa shape index (κ3) is 3.00. The molecule has 0 spiro atoms. The van der Waals surface area contributed by atoms with E-state index < -0.39 is 0 Å². The van der Waals surface area contributed by atoms with Gasteiger partial charge in [-0.3, -0.25) is 4.79 Å². The van der Waals surface area contributed by atoms with Crippen molar-refractivity contribution in [1.82, 2.24) is 15.0 Å². The Morgan fingerprint density at radius 3 is 2.69 bits per heavy atom. The quantitative estimate of drug-likeness (QED) is 0.905. The second-order valence-corrected chi connectivity index (χ2v) is 8.19. The minimum Gasteiger partial charge on any atom is -0.335 e. The van der Waals surface area contributed by atoms with Crippen LogP contribution >= 0.6 is 0 Å². The summed E-state index contributed by atoms with van der Waals surface area (Å²) in [4.78, 5) is 20.2. The number of carbonyl (C=O) groups is 1. The van der Waals surface area contributed by atoms with Gasteiger partial charge in [0.25, 0.3) is 11.6 Å². The summed E-state index contributed by atoms with van der Waals surface area (Å²) < 4.78 is 5.52. The molecule has 3 heterocycles. The maximum absolute atomic E-state index is 13.6. The largest absolute Gasteiger partial charge is 0.335 e. The number of carbonyl (C=O) groups excluding carboxylic acids is 1. The van der Waals surface area contributed by atoms with Gasteiger partial charge in [0.15, 0.2) is 0 Å². The Hall–Kier alpha value is -1.95. The molecule has 2 N–H and O–H groups in total. The van der Waals surface area contributed by atoms with Crippen LogP contribution in [0.2, 0.25) is 0 Å². The molecular weight excluding hydrogens is 328 g/mol. The molecule has 1 aliphatic heterocycles. The average molecular weight is 356 g/mol. The SMILES string of the molecule is CC(C)c1noc2nc(C3CC3)cc(C(=O)N3CCCCC3C(C)N)c12. The van der Waals surface area contributed by atoms with E-state index in [-0.39, 0.29) is 23.9 Å². The van der Waals surface area contributed by atoms with Gasteiger partial charge in [-0.2, -0.15) is 0 Å². The van der Waals surface area contributed by atoms with Crippen molar-refractivity contribution in [1.29, 1.82) is 0 Å². The standard InChI is InChI=1S/C20H28N4O2/c1-11(2)18-17-14(10-15(13-7-8-13)22-19(17)26-23-18)20(25)24-9-5-4-6-16(24)12(3)21/h10-13,16H,4-9,21H2,1-3H3. The van der Waals surface area contributed by atoms with Crippen molar-refractivity contribution in [3.63, 3.8) is 0 Å². The molecule has 0 aromatic carbocycles. The minimum atomic E-state index is -0.0356. The van der Waals surface area contributed by atoms with Gasteiger partial charge in [0.2, 0.25) is 0 Å². The molecule has 4 rings (SSSR count). The second kappa shape index (κ2) is 6.65. The van der Waals surface area contributed by atoms with E-state index in [1.165, 1.54) is 0 Å². The van der Waals surface area contributed by atoms with Gasteiger partial charge in [0.1, 0.15) is 0 Å². The molecule has 6 heteroatoms. The van der Waals surface area contributed by atoms with Crippen LogP contribution in [0.4, 0.5) is 0 Å². The van der Waals surface area contributed by atoms with E-state index in [0.717, 1.165) is 55.4 Å². The lowest BCUT2D eigenvalue weighted by atomic mass is 9.94. The van der Waals surface area contributed by atoms with Crippen molar-refractivity contribution in [3.05, 3.63) is 23.0 Å². The highest BCUT2D eigenvalue weighted by molar-refractivity contribution is 6.06. The van der Waals surface area contributed by atoms with Crippen molar-refractivity contribution in [2.45, 2.75) is 76.8 Å². The first kappa shape index (κ1) is 17.5. The van der Waals surface area contributed by atoms with E-state index in [9.17, 15) is 4.79 Å². The van der Waals surface area contributed by atoms with Crippen LogP contribution in [0.5, 0.6) is 0 Å². The third-order valence-electron chi connectivity index (χ3n) is 5.68. The van der Waals surface area contributed by atoms with Crippen LogP contribution in [0.25, 0.3) is 11.1 Å². The minimum absolute atomic E-state index is 0.0356. The predicted molar refractivity (Wildman–Crippen MR) is 100 cm³/mol. The molecule has 2 aromatic heterocycles. The molecule has 2 atom stereocenters. The molecule has 2 aliphatic rings. The van der Waals surface area contributed by atoms with Crippen LogP contribution in [-0.4, -0.2) is 39.6 Å². The van der Waals surface area contributed by atoms with Crippen LogP contribution in [-0.2, 0) is 0 Å². The van der Waals surface area contributed by atoms with Crippen molar-refractivity contribution in [3.8, 4) is 0 Å². The lowest BCUT2D eigenvalue weighted by molar-refractivity contribution is 0.0585. The van der Waals surface area contributed by atoms with Gasteiger partial charge in [0, 0.05) is 30.2 Å². The molecule has 26 heavy (non-hydrogen) atoms. The molecule has 140 valence electrons. The van der Waals surface area contributed by atoms with Crippen LogP contribution in [0.1, 0.15) is 86.5 Å². The smallest absolute Gasteiger partial charge is 0.259 e. The van der Waals surface area contributed by atoms with Crippen LogP contribution < -0.4 is 5.73 Å². The Morgan fingerprint density at radius 2 is 2.04 bits per heavy atom. The van der Waals surface area contributed by atoms with Crippen molar-refractivity contribution < 1.29 is 9.32 Å². The number of amides is 1. The normalized spacial score (nSPS) is 22.2. The highest BCUT2D eigenvalue weighted by atomic mass is 16.5. The molecular formula is C20H28N4O2. The fourth-order valence-electron chi connectivity index (χ4n) is 4.05. The summed E-state index contributed by atoms with van der Waals surface area (Å²) in [6.45, 7) is 6.88. The van der Waals surface area contributed by atoms with Gasteiger partial charge in [-0.05, 0) is 51.0 Å². The van der Waals surface area contributed by atoms with Crippen molar-refractivity contribution in [2.24, 2.45) is 5.73 Å². The molecule has 2 unspecified atom stereocenters. The monoisotopic (exact) mass is 356 g/mol. The number of pyridine rings is 1. The topological polar surface area (TPSA) is 85.2 Å². The summed E-state index contributed by atoms with van der Waals surface area (Å²) in [5.41, 5.74) is 9.15. The third-order valence-corrected chi connectivity index (χ3v) is 5.68. The summed E-state index contributed by atoms with van der Waals surface area (Å²) in [5, 5.41) is 5.01. The molecule has 1 saturated heterocycles. The van der Waals surface area contributed by atoms with Gasteiger partial charge < -0.3 is 15.2 Å². The number of hydrogen-bond acceptors (Lipinski definition) is 5. The predicted octanol–water partition coefficient (Wildman–Crippen LogP) is 3.57. The first-order valence-electron chi connectivity index (χ1n) is 9.84. The van der Waals surface area contributed by atoms with Gasteiger partial charge in [-0.15, -0.1) is 0 Å². The van der Waals surface area contributed by atoms with Crippen LogP contribution in [0.15, 0.2) is 10.6 Å². The van der Waals surface area contributed by atoms with Gasteiger partial charge in [-0.1, -0.05) is 19.0 Å². The van der Waals surface area contributed by atoms with Crippen molar-refractivity contribution >= 4 is 17.0 Å². The number of hydrogen-bond donors (Lipinski definition) is 1. The zero-order valence-electron chi connectivity index (χ0n) is 15.9. The fraction of sp³-hybridized carbons (Fsp3) is 0.650. The number of nitrogens with two attached hydrogens (primary N) is 1. The molecule has 2 aromatic rings. The Balaban J connectivity index is 1.82. The van der Waals surface area contributed by atoms with E-state index in [4.69, 9.17) is 10.3 Å². The Bertz CT molecular complexity index is 823. The van der Waals surface area contributed by atoms with Crippen LogP contribution in [0, 0.1) is 0 Å². The number of rotatable bonds is 4. The zero-order valence-corrected chi connectivity index (χ0v) is 15.9. The number of piperidine rings is 1. The second-order valence-electron chi connectivity index (χ2n) is 8.19. The molecule has 0 bridgehead atoms. The van der Waals surface area contributed by atoms with Gasteiger partial charge in [0.05, 0.1) is 16.6 Å². The first-order chi connectivity index (χ1) is 12.5. The first-order valence-corrected chi connectivity index (χ1v) is 9.84. The van der Waals surface area contributed by atoms with Gasteiger partial charge >= 0.3 is 0 Å². The molecule has 1 saturated carbocycles. The summed E-state index contributed by atoms with van der Waals surface area (Å²) in [5.74, 6) is 0.664. The molecule has 6 nitrogen and oxygen atoms in total. The fourth-order valence-corrected chi connectivity index (χ4v) is 4.05. The summed E-state index contributed by atoms with van der Waals surface area (Å²) in [6, 6.07) is 2.04. The van der Waals surface area contributed by atoms with E-state index in [2.05, 4.69) is 24.0 Å². The molecule has 1 amide bonds. The van der Waals surface area contributed by atoms with E-state index in [1.807, 2.05) is 17.9 Å². The van der Waals surface area contributed by atoms with Crippen molar-refractivity contribution in [2.75, 3.05) is 6.54 Å². The lowest BCUT2D eigenvalue weighted by Gasteiger charge is -2.38. The number of nitrogens with zero attached hydrogens (tertiary/aromatic N) is 3. The Kier molecular flexibility index (Phi) is 4.47. The number of aromatic nitrogens is 2. The molecule has 2 fully saturated rings. The van der Waals surface area contributed by atoms with Crippen LogP contribution in [0.3, 0.4) is 0 Å². The molecule has 0 radical (unpaired) electrons. The highest BCUT2D eigenvalue weighted by Gasteiger charge is 2.34. The lowest BCUT2D eigenvalue weighted by Crippen LogP contribution is -2.51. The van der Waals surface area contributed by atoms with Gasteiger partial charge in [-0.25, -0.2) is 4.98 Å². The average Bonchev–Trinajstić information content (AvgIpc) is 3.39. The summed E-state index contributed by atoms with van der Waals surface area (Å²) >= 11 is 0. The summed E-state index contributed by atoms with van der Waals surface area (Å²) in [7, 11) is 0. The van der Waals surface area contributed by atoms with E-state index in [1.54, 1.807) is 0 Å². The zero-order chi connectivity index (χ0) is 18.4. The number of fused-ring (bicyclic) bond motifs is 1. The summed E-state index contributed by atoms with van der Waals surface area (Å²) in [6.07, 6.45) is 5.37. The number of likely N-dealkylation sites (tertiary alicyclic amines) is 1. The van der Waals surface area contributed by atoms with E-state index >= 15 is 0 Å². The Morgan fingerprint density at radius 1 is 1.27 bits per heavy atom. The highest BCUT2D eigenvalue weighted by Crippen LogP contribution is 2.41.